The summed E-state index contributed by atoms with van der Waals surface area (Å²) >= 11 is 5.78. The molecule has 7 heteroatoms. The van der Waals surface area contributed by atoms with Crippen LogP contribution in [0, 0.1) is 0 Å². The number of hydrogen-bond donors (Lipinski definition) is 2. The van der Waals surface area contributed by atoms with Gasteiger partial charge in [-0.15, -0.1) is 0 Å². The van der Waals surface area contributed by atoms with Gasteiger partial charge >= 0.3 is 5.69 Å². The summed E-state index contributed by atoms with van der Waals surface area (Å²) in [6.45, 7) is 2.37. The molecule has 1 heterocycles. The van der Waals surface area contributed by atoms with Crippen molar-refractivity contribution in [3.63, 3.8) is 0 Å². The zero-order valence-corrected chi connectivity index (χ0v) is 11.7. The summed E-state index contributed by atoms with van der Waals surface area (Å²) in [7, 11) is 0. The molecule has 6 nitrogen and oxygen atoms in total. The van der Waals surface area contributed by atoms with Crippen LogP contribution < -0.4 is 16.7 Å². The van der Waals surface area contributed by atoms with Gasteiger partial charge in [-0.1, -0.05) is 11.6 Å². The number of nitrogen functional groups attached to an aromatic ring is 1. The zero-order valence-electron chi connectivity index (χ0n) is 11.0. The average molecular weight is 295 g/mol. The minimum atomic E-state index is -0.324. The third-order valence-corrected chi connectivity index (χ3v) is 3.10. The molecule has 3 N–H and O–H groups in total. The molecule has 20 heavy (non-hydrogen) atoms. The Balaban J connectivity index is 2.09. The van der Waals surface area contributed by atoms with Gasteiger partial charge in [0.2, 0.25) is 5.91 Å². The summed E-state index contributed by atoms with van der Waals surface area (Å²) in [5.74, 6) is -0.324. The van der Waals surface area contributed by atoms with Crippen LogP contribution in [0.4, 0.5) is 11.4 Å². The zero-order chi connectivity index (χ0) is 14.7. The molecule has 2 rings (SSSR count). The van der Waals surface area contributed by atoms with E-state index in [-0.39, 0.29) is 18.1 Å². The van der Waals surface area contributed by atoms with Crippen molar-refractivity contribution >= 4 is 28.9 Å². The Morgan fingerprint density at radius 3 is 2.65 bits per heavy atom. The van der Waals surface area contributed by atoms with Crippen LogP contribution in [0.3, 0.4) is 0 Å². The highest BCUT2D eigenvalue weighted by atomic mass is 35.5. The molecule has 0 aliphatic carbocycles. The van der Waals surface area contributed by atoms with Crippen molar-refractivity contribution in [2.45, 2.75) is 20.0 Å². The maximum absolute atomic E-state index is 11.9. The first-order chi connectivity index (χ1) is 9.51. The lowest BCUT2D eigenvalue weighted by Crippen LogP contribution is -2.29. The molecule has 1 aromatic heterocycles. The molecule has 0 aliphatic rings. The average Bonchev–Trinajstić information content (AvgIpc) is 2.74. The monoisotopic (exact) mass is 294 g/mol. The molecule has 0 saturated heterocycles. The van der Waals surface area contributed by atoms with Crippen LogP contribution in [0.15, 0.2) is 35.4 Å². The van der Waals surface area contributed by atoms with E-state index in [1.807, 2.05) is 6.92 Å². The Hall–Kier alpha value is -2.21. The lowest BCUT2D eigenvalue weighted by Gasteiger charge is -2.08. The third kappa shape index (κ3) is 3.03. The van der Waals surface area contributed by atoms with Gasteiger partial charge in [-0.3, -0.25) is 13.9 Å². The van der Waals surface area contributed by atoms with Gasteiger partial charge in [0.1, 0.15) is 6.54 Å². The molecule has 0 aliphatic heterocycles. The molecule has 106 valence electrons. The molecule has 0 unspecified atom stereocenters. The quantitative estimate of drug-likeness (QED) is 0.839. The number of carbonyl (C=O) groups is 1. The van der Waals surface area contributed by atoms with Crippen molar-refractivity contribution < 1.29 is 4.79 Å². The van der Waals surface area contributed by atoms with Crippen molar-refractivity contribution in [3.05, 3.63) is 46.1 Å². The number of aromatic nitrogens is 2. The van der Waals surface area contributed by atoms with Crippen molar-refractivity contribution in [1.29, 1.82) is 0 Å². The third-order valence-electron chi connectivity index (χ3n) is 2.86. The number of imidazole rings is 1. The minimum Gasteiger partial charge on any atom is -0.397 e. The lowest BCUT2D eigenvalue weighted by molar-refractivity contribution is -0.116. The van der Waals surface area contributed by atoms with E-state index in [0.29, 0.717) is 22.9 Å². The van der Waals surface area contributed by atoms with Gasteiger partial charge in [-0.05, 0) is 25.1 Å². The van der Waals surface area contributed by atoms with Gasteiger partial charge in [0, 0.05) is 24.0 Å². The highest BCUT2D eigenvalue weighted by molar-refractivity contribution is 6.31. The van der Waals surface area contributed by atoms with E-state index >= 15 is 0 Å². The summed E-state index contributed by atoms with van der Waals surface area (Å²) in [6, 6.07) is 4.81. The molecule has 0 bridgehead atoms. The predicted octanol–water partition coefficient (Wildman–Crippen LogP) is 1.54. The number of benzene rings is 1. The fourth-order valence-corrected chi connectivity index (χ4v) is 1.99. The number of anilines is 2. The highest BCUT2D eigenvalue weighted by Gasteiger charge is 2.09. The largest absolute Gasteiger partial charge is 0.397 e. The second-order valence-corrected chi connectivity index (χ2v) is 4.71. The van der Waals surface area contributed by atoms with E-state index in [9.17, 15) is 9.59 Å². The number of carbonyl (C=O) groups excluding carboxylic acids is 1. The Bertz CT molecular complexity index is 690. The first kappa shape index (κ1) is 14.2. The van der Waals surface area contributed by atoms with E-state index in [1.54, 1.807) is 30.6 Å². The molecule has 1 aromatic carbocycles. The number of nitrogens with zero attached hydrogens (tertiary/aromatic N) is 2. The van der Waals surface area contributed by atoms with E-state index in [1.165, 1.54) is 9.13 Å². The van der Waals surface area contributed by atoms with Crippen LogP contribution in [0.5, 0.6) is 0 Å². The number of halogens is 1. The fraction of sp³-hybridized carbons (Fsp3) is 0.231. The van der Waals surface area contributed by atoms with Crippen molar-refractivity contribution in [1.82, 2.24) is 9.13 Å². The Kier molecular flexibility index (Phi) is 4.14. The normalized spacial score (nSPS) is 10.5. The first-order valence-electron chi connectivity index (χ1n) is 6.11. The molecule has 1 amide bonds. The van der Waals surface area contributed by atoms with Gasteiger partial charge in [-0.2, -0.15) is 0 Å². The predicted molar refractivity (Wildman–Crippen MR) is 78.9 cm³/mol. The molecule has 2 aromatic rings. The van der Waals surface area contributed by atoms with E-state index in [2.05, 4.69) is 5.32 Å². The SMILES string of the molecule is CCn1ccn(CC(=O)Nc2ccc(Cl)cc2N)c1=O. The van der Waals surface area contributed by atoms with Gasteiger partial charge in [-0.25, -0.2) is 4.79 Å². The number of nitrogens with two attached hydrogens (primary N) is 1. The number of amides is 1. The molecule has 0 fully saturated rings. The fourth-order valence-electron chi connectivity index (χ4n) is 1.81. The second-order valence-electron chi connectivity index (χ2n) is 4.27. The minimum absolute atomic E-state index is 0.0616. The van der Waals surface area contributed by atoms with E-state index in [4.69, 9.17) is 17.3 Å². The topological polar surface area (TPSA) is 82.1 Å². The number of rotatable bonds is 4. The van der Waals surface area contributed by atoms with Gasteiger partial charge in [0.25, 0.3) is 0 Å². The van der Waals surface area contributed by atoms with Gasteiger partial charge in [0.05, 0.1) is 11.4 Å². The van der Waals surface area contributed by atoms with Crippen LogP contribution >= 0.6 is 11.6 Å². The molecular weight excluding hydrogens is 280 g/mol. The summed E-state index contributed by atoms with van der Waals surface area (Å²) in [5, 5.41) is 3.15. The van der Waals surface area contributed by atoms with Crippen LogP contribution in [0.1, 0.15) is 6.92 Å². The summed E-state index contributed by atoms with van der Waals surface area (Å²) in [6.07, 6.45) is 3.23. The summed E-state index contributed by atoms with van der Waals surface area (Å²) < 4.78 is 2.86. The van der Waals surface area contributed by atoms with E-state index in [0.717, 1.165) is 0 Å². The highest BCUT2D eigenvalue weighted by Crippen LogP contribution is 2.22. The smallest absolute Gasteiger partial charge is 0.328 e. The maximum atomic E-state index is 11.9. The molecule has 0 radical (unpaired) electrons. The van der Waals surface area contributed by atoms with Crippen LogP contribution in [-0.2, 0) is 17.9 Å². The van der Waals surface area contributed by atoms with Crippen LogP contribution in [-0.4, -0.2) is 15.0 Å². The molecule has 0 spiro atoms. The Morgan fingerprint density at radius 2 is 2.05 bits per heavy atom. The number of nitrogens with one attached hydrogen (secondary N) is 1. The van der Waals surface area contributed by atoms with Crippen LogP contribution in [0.2, 0.25) is 5.02 Å². The van der Waals surface area contributed by atoms with Gasteiger partial charge < -0.3 is 11.1 Å². The number of hydrogen-bond acceptors (Lipinski definition) is 3. The first-order valence-corrected chi connectivity index (χ1v) is 6.49. The molecular formula is C13H15ClN4O2. The summed E-state index contributed by atoms with van der Waals surface area (Å²) in [4.78, 5) is 23.7. The maximum Gasteiger partial charge on any atom is 0.328 e. The molecule has 0 atom stereocenters. The van der Waals surface area contributed by atoms with Gasteiger partial charge in [0.15, 0.2) is 0 Å². The Labute approximate surface area is 120 Å². The molecule has 0 saturated carbocycles. The second kappa shape index (κ2) is 5.83. The summed E-state index contributed by atoms with van der Waals surface area (Å²) in [5.41, 5.74) is 6.38. The standard InChI is InChI=1S/C13H15ClN4O2/c1-2-17-5-6-18(13(17)20)8-12(19)16-11-4-3-9(14)7-10(11)15/h3-7H,2,8,15H2,1H3,(H,16,19). The Morgan fingerprint density at radius 1 is 1.35 bits per heavy atom. The number of aryl methyl sites for hydroxylation is 1. The lowest BCUT2D eigenvalue weighted by atomic mass is 10.2. The van der Waals surface area contributed by atoms with Crippen molar-refractivity contribution in [3.8, 4) is 0 Å². The van der Waals surface area contributed by atoms with Crippen molar-refractivity contribution in [2.75, 3.05) is 11.1 Å². The van der Waals surface area contributed by atoms with Crippen molar-refractivity contribution in [2.24, 2.45) is 0 Å². The van der Waals surface area contributed by atoms with E-state index < -0.39 is 0 Å². The van der Waals surface area contributed by atoms with Crippen LogP contribution in [0.25, 0.3) is 0 Å².